The van der Waals surface area contributed by atoms with Crippen molar-refractivity contribution in [1.82, 2.24) is 4.90 Å². The van der Waals surface area contributed by atoms with Crippen LogP contribution >= 0.6 is 23.4 Å². The van der Waals surface area contributed by atoms with Crippen LogP contribution in [0.15, 0.2) is 65.7 Å². The van der Waals surface area contributed by atoms with Gasteiger partial charge in [0.15, 0.2) is 5.17 Å². The highest BCUT2D eigenvalue weighted by Crippen LogP contribution is 2.35. The predicted molar refractivity (Wildman–Crippen MR) is 144 cm³/mol. The first-order valence-corrected chi connectivity index (χ1v) is 13.1. The summed E-state index contributed by atoms with van der Waals surface area (Å²) in [5, 5.41) is 5.33. The number of ether oxygens (including phenoxy) is 2. The Hall–Kier alpha value is -3.07. The van der Waals surface area contributed by atoms with Crippen molar-refractivity contribution in [2.75, 3.05) is 25.6 Å². The summed E-state index contributed by atoms with van der Waals surface area (Å²) in [6.07, 6.45) is 1.87. The second kappa shape index (κ2) is 10.9. The number of fused-ring (bicyclic) bond motifs is 1. The van der Waals surface area contributed by atoms with Crippen molar-refractivity contribution in [3.63, 3.8) is 0 Å². The van der Waals surface area contributed by atoms with Crippen LogP contribution in [0, 0.1) is 0 Å². The van der Waals surface area contributed by atoms with E-state index in [-0.39, 0.29) is 24.3 Å². The highest BCUT2D eigenvalue weighted by Gasteiger charge is 2.40. The van der Waals surface area contributed by atoms with Crippen molar-refractivity contribution in [2.24, 2.45) is 4.99 Å². The van der Waals surface area contributed by atoms with Crippen LogP contribution in [0.2, 0.25) is 5.02 Å². The lowest BCUT2D eigenvalue weighted by molar-refractivity contribution is -0.129. The van der Waals surface area contributed by atoms with Gasteiger partial charge < -0.3 is 14.8 Å². The fraction of sp³-hybridized carbons (Fsp3) is 0.296. The van der Waals surface area contributed by atoms with Gasteiger partial charge in [0.1, 0.15) is 11.0 Å². The van der Waals surface area contributed by atoms with E-state index in [0.717, 1.165) is 29.3 Å². The second-order valence-corrected chi connectivity index (χ2v) is 10.3. The number of halogens is 1. The minimum Gasteiger partial charge on any atom is -0.495 e. The van der Waals surface area contributed by atoms with Crippen LogP contribution in [-0.2, 0) is 14.3 Å². The van der Waals surface area contributed by atoms with Gasteiger partial charge in [-0.15, -0.1) is 0 Å². The molecule has 0 aliphatic carbocycles. The van der Waals surface area contributed by atoms with Crippen LogP contribution in [0.4, 0.5) is 11.4 Å². The quantitative estimate of drug-likeness (QED) is 0.433. The average Bonchev–Trinajstić information content (AvgIpc) is 3.49. The number of hydrogen-bond donors (Lipinski definition) is 1. The molecule has 2 fully saturated rings. The fourth-order valence-corrected chi connectivity index (χ4v) is 5.84. The summed E-state index contributed by atoms with van der Waals surface area (Å²) in [5.41, 5.74) is 1.33. The highest BCUT2D eigenvalue weighted by molar-refractivity contribution is 8.15. The Bertz CT molecular complexity index is 1320. The van der Waals surface area contributed by atoms with Crippen LogP contribution in [0.25, 0.3) is 10.8 Å². The molecule has 0 bridgehead atoms. The van der Waals surface area contributed by atoms with Crippen LogP contribution < -0.4 is 10.1 Å². The Balaban J connectivity index is 1.37. The van der Waals surface area contributed by atoms with E-state index in [0.29, 0.717) is 34.8 Å². The van der Waals surface area contributed by atoms with Crippen LogP contribution in [0.1, 0.15) is 19.3 Å². The minimum absolute atomic E-state index is 0.0176. The number of amides is 2. The molecule has 1 N–H and O–H groups in total. The Morgan fingerprint density at radius 3 is 2.83 bits per heavy atom. The van der Waals surface area contributed by atoms with Gasteiger partial charge in [-0.2, -0.15) is 0 Å². The summed E-state index contributed by atoms with van der Waals surface area (Å²) in [6.45, 7) is 1.13. The highest BCUT2D eigenvalue weighted by atomic mass is 35.5. The van der Waals surface area contributed by atoms with Crippen molar-refractivity contribution in [3.8, 4) is 5.75 Å². The molecule has 2 saturated heterocycles. The van der Waals surface area contributed by atoms with Gasteiger partial charge in [-0.1, -0.05) is 59.8 Å². The lowest BCUT2D eigenvalue weighted by Crippen LogP contribution is -2.38. The minimum atomic E-state index is -0.575. The summed E-state index contributed by atoms with van der Waals surface area (Å²) < 4.78 is 11.0. The molecule has 2 heterocycles. The zero-order valence-corrected chi connectivity index (χ0v) is 21.3. The summed E-state index contributed by atoms with van der Waals surface area (Å²) >= 11 is 7.50. The van der Waals surface area contributed by atoms with E-state index in [9.17, 15) is 9.59 Å². The molecule has 2 atom stereocenters. The van der Waals surface area contributed by atoms with E-state index >= 15 is 0 Å². The average molecular weight is 524 g/mol. The van der Waals surface area contributed by atoms with Crippen molar-refractivity contribution in [3.05, 3.63) is 65.7 Å². The molecular weight excluding hydrogens is 498 g/mol. The largest absolute Gasteiger partial charge is 0.495 e. The van der Waals surface area contributed by atoms with Crippen LogP contribution in [0.5, 0.6) is 5.75 Å². The van der Waals surface area contributed by atoms with Crippen molar-refractivity contribution in [2.45, 2.75) is 30.6 Å². The molecule has 3 aromatic rings. The van der Waals surface area contributed by atoms with Gasteiger partial charge in [-0.3, -0.25) is 14.5 Å². The molecule has 0 unspecified atom stereocenters. The molecule has 2 amide bonds. The van der Waals surface area contributed by atoms with E-state index in [1.807, 2.05) is 42.5 Å². The van der Waals surface area contributed by atoms with Gasteiger partial charge in [-0.05, 0) is 42.5 Å². The van der Waals surface area contributed by atoms with Crippen molar-refractivity contribution < 1.29 is 19.1 Å². The third kappa shape index (κ3) is 5.36. The molecule has 2 aliphatic rings. The number of nitrogens with one attached hydrogen (secondary N) is 1. The molecular formula is C27H26ClN3O4S. The number of carbonyl (C=O) groups is 2. The van der Waals surface area contributed by atoms with E-state index in [2.05, 4.69) is 5.32 Å². The lowest BCUT2D eigenvalue weighted by Gasteiger charge is -2.20. The second-order valence-electron chi connectivity index (χ2n) is 8.68. The topological polar surface area (TPSA) is 80.2 Å². The zero-order chi connectivity index (χ0) is 25.1. The zero-order valence-electron chi connectivity index (χ0n) is 19.8. The van der Waals surface area contributed by atoms with Crippen molar-refractivity contribution in [1.29, 1.82) is 0 Å². The van der Waals surface area contributed by atoms with Gasteiger partial charge >= 0.3 is 0 Å². The first-order chi connectivity index (χ1) is 17.5. The Morgan fingerprint density at radius 1 is 1.22 bits per heavy atom. The molecule has 36 heavy (non-hydrogen) atoms. The Kier molecular flexibility index (Phi) is 7.46. The number of nitrogens with zero attached hydrogens (tertiary/aromatic N) is 2. The van der Waals surface area contributed by atoms with E-state index in [4.69, 9.17) is 26.1 Å². The molecule has 0 radical (unpaired) electrons. The normalized spacial score (nSPS) is 20.9. The number of benzene rings is 3. The maximum atomic E-state index is 13.4. The van der Waals surface area contributed by atoms with E-state index in [1.54, 1.807) is 23.1 Å². The lowest BCUT2D eigenvalue weighted by atomic mass is 10.1. The summed E-state index contributed by atoms with van der Waals surface area (Å²) in [4.78, 5) is 32.9. The number of anilines is 1. The third-order valence-electron chi connectivity index (χ3n) is 6.22. The monoisotopic (exact) mass is 523 g/mol. The first-order valence-electron chi connectivity index (χ1n) is 11.8. The molecule has 0 saturated carbocycles. The molecule has 9 heteroatoms. The van der Waals surface area contributed by atoms with Gasteiger partial charge in [0.25, 0.3) is 0 Å². The van der Waals surface area contributed by atoms with Crippen LogP contribution in [0.3, 0.4) is 0 Å². The first kappa shape index (κ1) is 24.6. The molecule has 0 aromatic heterocycles. The number of carbonyl (C=O) groups excluding carboxylic acids is 2. The Morgan fingerprint density at radius 2 is 2.06 bits per heavy atom. The smallest absolute Gasteiger partial charge is 0.242 e. The maximum absolute atomic E-state index is 13.4. The van der Waals surface area contributed by atoms with Gasteiger partial charge in [0.05, 0.1) is 30.5 Å². The number of rotatable bonds is 7. The Labute approximate surface area is 218 Å². The molecule has 3 aromatic carbocycles. The third-order valence-corrected chi connectivity index (χ3v) is 7.69. The molecule has 186 valence electrons. The van der Waals surface area contributed by atoms with Gasteiger partial charge in [0.2, 0.25) is 11.8 Å². The number of hydrogen-bond acceptors (Lipinski definition) is 6. The molecule has 2 aliphatic heterocycles. The number of aliphatic imine (C=N–C) groups is 1. The molecule has 7 nitrogen and oxygen atoms in total. The number of thioether (sulfide) groups is 1. The summed E-state index contributed by atoms with van der Waals surface area (Å²) in [5.74, 6) is 0.123. The van der Waals surface area contributed by atoms with Crippen LogP contribution in [-0.4, -0.2) is 53.5 Å². The van der Waals surface area contributed by atoms with Crippen molar-refractivity contribution >= 4 is 62.5 Å². The SMILES string of the molecule is COc1ccc(NC(=O)C[C@@H]2SC(=Nc3cccc4ccccc34)N(C[C@H]3CCCO3)C2=O)cc1Cl. The maximum Gasteiger partial charge on any atom is 0.242 e. The summed E-state index contributed by atoms with van der Waals surface area (Å²) in [7, 11) is 1.53. The number of methoxy groups -OCH3 is 1. The predicted octanol–water partition coefficient (Wildman–Crippen LogP) is 5.64. The number of amidine groups is 1. The van der Waals surface area contributed by atoms with Gasteiger partial charge in [-0.25, -0.2) is 4.99 Å². The summed E-state index contributed by atoms with van der Waals surface area (Å²) in [6, 6.07) is 19.0. The standard InChI is InChI=1S/C27H26ClN3O4S/c1-34-23-12-11-18(14-21(23)28)29-25(32)15-24-26(33)31(16-19-8-5-13-35-19)27(36-24)30-22-10-4-7-17-6-2-3-9-20(17)22/h2-4,6-7,9-12,14,19,24H,5,8,13,15-16H2,1H3,(H,29,32)/t19-,24+/m1/s1. The van der Waals surface area contributed by atoms with E-state index < -0.39 is 5.25 Å². The fourth-order valence-electron chi connectivity index (χ4n) is 4.42. The molecule has 0 spiro atoms. The molecule has 5 rings (SSSR count). The van der Waals surface area contributed by atoms with E-state index in [1.165, 1.54) is 18.9 Å². The van der Waals surface area contributed by atoms with Gasteiger partial charge in [0, 0.05) is 24.1 Å².